The lowest BCUT2D eigenvalue weighted by atomic mass is 9.81. The molecule has 0 radical (unpaired) electrons. The van der Waals surface area contributed by atoms with Crippen molar-refractivity contribution < 1.29 is 14.1 Å². The van der Waals surface area contributed by atoms with Crippen molar-refractivity contribution in [1.82, 2.24) is 10.1 Å². The molecule has 2 fully saturated rings. The molecule has 6 nitrogen and oxygen atoms in total. The van der Waals surface area contributed by atoms with Crippen LogP contribution in [0.2, 0.25) is 0 Å². The third kappa shape index (κ3) is 3.48. The lowest BCUT2D eigenvalue weighted by Crippen LogP contribution is -2.24. The van der Waals surface area contributed by atoms with Gasteiger partial charge in [-0.1, -0.05) is 17.3 Å². The maximum atomic E-state index is 11.3. The highest BCUT2D eigenvalue weighted by molar-refractivity contribution is 5.87. The summed E-state index contributed by atoms with van der Waals surface area (Å²) in [5.41, 5.74) is 2.44. The van der Waals surface area contributed by atoms with Crippen LogP contribution in [0.15, 0.2) is 34.9 Å². The number of aryl methyl sites for hydroxylation is 1. The van der Waals surface area contributed by atoms with Gasteiger partial charge in [-0.05, 0) is 61.3 Å². The first kappa shape index (κ1) is 17.8. The number of esters is 1. The van der Waals surface area contributed by atoms with Gasteiger partial charge in [0.05, 0.1) is 7.11 Å². The highest BCUT2D eigenvalue weighted by Crippen LogP contribution is 2.61. The molecule has 2 aliphatic carbocycles. The zero-order valence-corrected chi connectivity index (χ0v) is 15.8. The van der Waals surface area contributed by atoms with Crippen LogP contribution in [0, 0.1) is 12.3 Å². The molecule has 27 heavy (non-hydrogen) atoms. The SMILES string of the molecule is COC(=O)/C=C/c1cccc(NCC23CCC(c4noc(C)n4)(CC2)C3)c1. The van der Waals surface area contributed by atoms with Crippen LogP contribution in [-0.2, 0) is 14.9 Å². The van der Waals surface area contributed by atoms with Crippen LogP contribution in [-0.4, -0.2) is 29.8 Å². The summed E-state index contributed by atoms with van der Waals surface area (Å²) in [6.45, 7) is 2.79. The highest BCUT2D eigenvalue weighted by Gasteiger charge is 2.56. The van der Waals surface area contributed by atoms with Gasteiger partial charge in [0, 0.05) is 30.6 Å². The van der Waals surface area contributed by atoms with Crippen LogP contribution in [0.5, 0.6) is 0 Å². The van der Waals surface area contributed by atoms with E-state index in [1.165, 1.54) is 26.0 Å². The number of carbonyl (C=O) groups is 1. The van der Waals surface area contributed by atoms with E-state index in [0.717, 1.165) is 42.9 Å². The minimum absolute atomic E-state index is 0.102. The Hall–Kier alpha value is -2.63. The standard InChI is InChI=1S/C21H25N3O3/c1-15-23-19(24-27-15)21-10-8-20(13-21,9-11-21)14-22-17-5-3-4-16(12-17)6-7-18(25)26-2/h3-7,12,22H,8-11,13-14H2,1-2H3/b7-6+. The molecule has 2 aliphatic rings. The molecule has 4 rings (SSSR count). The van der Waals surface area contributed by atoms with Gasteiger partial charge in [-0.3, -0.25) is 0 Å². The van der Waals surface area contributed by atoms with Crippen molar-refractivity contribution in [3.63, 3.8) is 0 Å². The van der Waals surface area contributed by atoms with Gasteiger partial charge in [0.2, 0.25) is 5.89 Å². The smallest absolute Gasteiger partial charge is 0.330 e. The Morgan fingerprint density at radius 3 is 2.85 bits per heavy atom. The number of nitrogens with one attached hydrogen (secondary N) is 1. The van der Waals surface area contributed by atoms with Gasteiger partial charge in [0.1, 0.15) is 0 Å². The molecule has 2 bridgehead atoms. The van der Waals surface area contributed by atoms with Crippen LogP contribution in [0.1, 0.15) is 49.4 Å². The summed E-state index contributed by atoms with van der Waals surface area (Å²) in [6.07, 6.45) is 8.97. The minimum Gasteiger partial charge on any atom is -0.466 e. The number of ether oxygens (including phenoxy) is 1. The summed E-state index contributed by atoms with van der Waals surface area (Å²) in [4.78, 5) is 15.8. The first-order chi connectivity index (χ1) is 13.0. The summed E-state index contributed by atoms with van der Waals surface area (Å²) >= 11 is 0. The maximum Gasteiger partial charge on any atom is 0.330 e. The van der Waals surface area contributed by atoms with E-state index in [1.807, 2.05) is 19.1 Å². The maximum absolute atomic E-state index is 11.3. The molecule has 1 aromatic carbocycles. The average molecular weight is 367 g/mol. The lowest BCUT2D eigenvalue weighted by Gasteiger charge is -2.27. The molecule has 0 amide bonds. The fourth-order valence-electron chi connectivity index (χ4n) is 4.66. The summed E-state index contributed by atoms with van der Waals surface area (Å²) in [5.74, 6) is 1.20. The van der Waals surface area contributed by atoms with Crippen LogP contribution in [0.4, 0.5) is 5.69 Å². The van der Waals surface area contributed by atoms with Crippen LogP contribution >= 0.6 is 0 Å². The molecular formula is C21H25N3O3. The largest absolute Gasteiger partial charge is 0.466 e. The second-order valence-electron chi connectivity index (χ2n) is 7.93. The zero-order valence-electron chi connectivity index (χ0n) is 15.8. The zero-order chi connectivity index (χ0) is 18.9. The number of benzene rings is 1. The second-order valence-corrected chi connectivity index (χ2v) is 7.93. The normalized spacial score (nSPS) is 26.6. The Kier molecular flexibility index (Phi) is 4.50. The Morgan fingerprint density at radius 1 is 1.33 bits per heavy atom. The fraction of sp³-hybridized carbons (Fsp3) is 0.476. The topological polar surface area (TPSA) is 77.2 Å². The van der Waals surface area contributed by atoms with Crippen molar-refractivity contribution in [3.05, 3.63) is 47.6 Å². The number of hydrogen-bond donors (Lipinski definition) is 1. The van der Waals surface area contributed by atoms with Crippen LogP contribution < -0.4 is 5.32 Å². The van der Waals surface area contributed by atoms with E-state index in [0.29, 0.717) is 11.3 Å². The number of anilines is 1. The molecule has 0 aliphatic heterocycles. The third-order valence-corrected chi connectivity index (χ3v) is 6.15. The second kappa shape index (κ2) is 6.83. The Balaban J connectivity index is 1.41. The molecule has 2 saturated carbocycles. The van der Waals surface area contributed by atoms with E-state index < -0.39 is 0 Å². The number of nitrogens with zero attached hydrogens (tertiary/aromatic N) is 2. The molecule has 1 aromatic heterocycles. The summed E-state index contributed by atoms with van der Waals surface area (Å²) in [6, 6.07) is 8.08. The number of rotatable bonds is 6. The van der Waals surface area contributed by atoms with Gasteiger partial charge < -0.3 is 14.6 Å². The van der Waals surface area contributed by atoms with E-state index in [1.54, 1.807) is 6.08 Å². The van der Waals surface area contributed by atoms with Gasteiger partial charge >= 0.3 is 5.97 Å². The highest BCUT2D eigenvalue weighted by atomic mass is 16.5. The van der Waals surface area contributed by atoms with Crippen LogP contribution in [0.25, 0.3) is 6.08 Å². The van der Waals surface area contributed by atoms with Crippen LogP contribution in [0.3, 0.4) is 0 Å². The molecule has 2 aromatic rings. The number of carbonyl (C=O) groups excluding carboxylic acids is 1. The van der Waals surface area contributed by atoms with Gasteiger partial charge in [-0.25, -0.2) is 4.79 Å². The molecule has 6 heteroatoms. The number of hydrogen-bond acceptors (Lipinski definition) is 6. The van der Waals surface area contributed by atoms with Crippen molar-refractivity contribution >= 4 is 17.7 Å². The molecular weight excluding hydrogens is 342 g/mol. The molecule has 142 valence electrons. The van der Waals surface area contributed by atoms with Gasteiger partial charge in [-0.2, -0.15) is 4.98 Å². The molecule has 0 spiro atoms. The number of fused-ring (bicyclic) bond motifs is 2. The predicted octanol–water partition coefficient (Wildman–Crippen LogP) is 3.88. The number of methoxy groups -OCH3 is 1. The van der Waals surface area contributed by atoms with Crippen molar-refractivity contribution in [3.8, 4) is 0 Å². The quantitative estimate of drug-likeness (QED) is 0.617. The molecule has 1 N–H and O–H groups in total. The predicted molar refractivity (Wildman–Crippen MR) is 102 cm³/mol. The monoisotopic (exact) mass is 367 g/mol. The first-order valence-electron chi connectivity index (χ1n) is 9.43. The Morgan fingerprint density at radius 2 is 2.15 bits per heavy atom. The molecule has 1 heterocycles. The lowest BCUT2D eigenvalue weighted by molar-refractivity contribution is -0.134. The van der Waals surface area contributed by atoms with E-state index in [9.17, 15) is 4.79 Å². The Labute approximate surface area is 159 Å². The third-order valence-electron chi connectivity index (χ3n) is 6.15. The fourth-order valence-corrected chi connectivity index (χ4v) is 4.66. The average Bonchev–Trinajstić information content (AvgIpc) is 3.39. The first-order valence-corrected chi connectivity index (χ1v) is 9.43. The van der Waals surface area contributed by atoms with Gasteiger partial charge in [0.15, 0.2) is 5.82 Å². The summed E-state index contributed by atoms with van der Waals surface area (Å²) in [7, 11) is 1.38. The molecule has 0 saturated heterocycles. The molecule has 0 atom stereocenters. The van der Waals surface area contributed by atoms with Crippen molar-refractivity contribution in [2.75, 3.05) is 19.0 Å². The summed E-state index contributed by atoms with van der Waals surface area (Å²) in [5, 5.41) is 7.82. The van der Waals surface area contributed by atoms with E-state index in [4.69, 9.17) is 4.52 Å². The van der Waals surface area contributed by atoms with Crippen molar-refractivity contribution in [1.29, 1.82) is 0 Å². The summed E-state index contributed by atoms with van der Waals surface area (Å²) < 4.78 is 9.87. The molecule has 0 unspecified atom stereocenters. The van der Waals surface area contributed by atoms with E-state index in [-0.39, 0.29) is 11.4 Å². The van der Waals surface area contributed by atoms with Crippen molar-refractivity contribution in [2.24, 2.45) is 5.41 Å². The number of aromatic nitrogens is 2. The van der Waals surface area contributed by atoms with Crippen molar-refractivity contribution in [2.45, 2.75) is 44.4 Å². The van der Waals surface area contributed by atoms with Gasteiger partial charge in [0.25, 0.3) is 0 Å². The Bertz CT molecular complexity index is 863. The minimum atomic E-state index is -0.350. The van der Waals surface area contributed by atoms with E-state index >= 15 is 0 Å². The van der Waals surface area contributed by atoms with Gasteiger partial charge in [-0.15, -0.1) is 0 Å². The van der Waals surface area contributed by atoms with E-state index in [2.05, 4.69) is 32.3 Å².